The summed E-state index contributed by atoms with van der Waals surface area (Å²) in [5, 5.41) is 4.77. The SMILES string of the molecule is c1ccc(-c2nc(-c3cccc4c3sc3ccccc34)nc(-c3cccc4c3c3ccccc3n4-c3ccccc3)n2)cc1. The molecule has 0 spiro atoms. The summed E-state index contributed by atoms with van der Waals surface area (Å²) >= 11 is 1.79. The monoisotopic (exact) mass is 580 g/mol. The number of para-hydroxylation sites is 2. The topological polar surface area (TPSA) is 43.6 Å². The van der Waals surface area contributed by atoms with E-state index in [2.05, 4.69) is 132 Å². The fraction of sp³-hybridized carbons (Fsp3) is 0. The van der Waals surface area contributed by atoms with Gasteiger partial charge in [0.05, 0.1) is 11.0 Å². The Balaban J connectivity index is 1.35. The van der Waals surface area contributed by atoms with Crippen molar-refractivity contribution in [1.29, 1.82) is 0 Å². The third kappa shape index (κ3) is 3.87. The minimum Gasteiger partial charge on any atom is -0.309 e. The van der Waals surface area contributed by atoms with Gasteiger partial charge in [0.25, 0.3) is 0 Å². The number of nitrogens with zero attached hydrogens (tertiary/aromatic N) is 4. The smallest absolute Gasteiger partial charge is 0.165 e. The summed E-state index contributed by atoms with van der Waals surface area (Å²) in [6.07, 6.45) is 0. The van der Waals surface area contributed by atoms with Crippen LogP contribution in [0, 0.1) is 0 Å². The third-order valence-corrected chi connectivity index (χ3v) is 9.49. The van der Waals surface area contributed by atoms with Crippen LogP contribution in [-0.4, -0.2) is 19.5 Å². The second kappa shape index (κ2) is 9.97. The quantitative estimate of drug-likeness (QED) is 0.208. The number of benzene rings is 6. The van der Waals surface area contributed by atoms with Crippen molar-refractivity contribution in [3.05, 3.63) is 146 Å². The predicted octanol–water partition coefficient (Wildman–Crippen LogP) is 10.3. The lowest BCUT2D eigenvalue weighted by molar-refractivity contribution is 1.08. The molecule has 5 heteroatoms. The molecule has 4 nitrogen and oxygen atoms in total. The second-order valence-electron chi connectivity index (χ2n) is 10.8. The molecule has 0 radical (unpaired) electrons. The first-order valence-corrected chi connectivity index (χ1v) is 15.5. The zero-order chi connectivity index (χ0) is 29.0. The van der Waals surface area contributed by atoms with Gasteiger partial charge in [-0.25, -0.2) is 15.0 Å². The van der Waals surface area contributed by atoms with Gasteiger partial charge in [-0.1, -0.05) is 109 Å². The molecule has 44 heavy (non-hydrogen) atoms. The Labute approximate surface area is 257 Å². The zero-order valence-electron chi connectivity index (χ0n) is 23.6. The fourth-order valence-corrected chi connectivity index (χ4v) is 7.53. The summed E-state index contributed by atoms with van der Waals surface area (Å²) in [6.45, 7) is 0. The highest BCUT2D eigenvalue weighted by molar-refractivity contribution is 7.26. The number of hydrogen-bond donors (Lipinski definition) is 0. The van der Waals surface area contributed by atoms with E-state index in [0.29, 0.717) is 17.5 Å². The molecule has 6 aromatic carbocycles. The molecule has 0 N–H and O–H groups in total. The van der Waals surface area contributed by atoms with Crippen LogP contribution in [0.15, 0.2) is 146 Å². The first-order valence-electron chi connectivity index (χ1n) is 14.6. The Kier molecular flexibility index (Phi) is 5.64. The molecule has 0 amide bonds. The van der Waals surface area contributed by atoms with Crippen LogP contribution in [0.25, 0.3) is 81.8 Å². The molecule has 0 saturated heterocycles. The molecular weight excluding hydrogens is 557 g/mol. The van der Waals surface area contributed by atoms with Crippen molar-refractivity contribution in [3.8, 4) is 39.9 Å². The molecule has 206 valence electrons. The van der Waals surface area contributed by atoms with E-state index in [-0.39, 0.29) is 0 Å². The standard InChI is InChI=1S/C39H24N4S/c1-3-13-25(14-4-1)37-40-38(42-39(41-37)31-21-11-19-28-27-17-8-10-24-34(27)44-36(28)31)30-20-12-23-33-35(30)29-18-7-9-22-32(29)43(33)26-15-5-2-6-16-26/h1-24H. The molecule has 3 heterocycles. The summed E-state index contributed by atoms with van der Waals surface area (Å²) in [7, 11) is 0. The first-order chi connectivity index (χ1) is 21.8. The van der Waals surface area contributed by atoms with Crippen LogP contribution in [-0.2, 0) is 0 Å². The second-order valence-corrected chi connectivity index (χ2v) is 11.9. The molecule has 9 rings (SSSR count). The third-order valence-electron chi connectivity index (χ3n) is 8.27. The summed E-state index contributed by atoms with van der Waals surface area (Å²) in [5.74, 6) is 2.00. The molecule has 0 atom stereocenters. The van der Waals surface area contributed by atoms with Crippen molar-refractivity contribution < 1.29 is 0 Å². The van der Waals surface area contributed by atoms with E-state index in [1.165, 1.54) is 20.2 Å². The minimum atomic E-state index is 0.660. The zero-order valence-corrected chi connectivity index (χ0v) is 24.4. The summed E-state index contributed by atoms with van der Waals surface area (Å²) in [6, 6.07) is 50.7. The van der Waals surface area contributed by atoms with Crippen molar-refractivity contribution in [3.63, 3.8) is 0 Å². The van der Waals surface area contributed by atoms with Crippen LogP contribution >= 0.6 is 11.3 Å². The van der Waals surface area contributed by atoms with Crippen LogP contribution in [0.5, 0.6) is 0 Å². The molecule has 9 aromatic rings. The van der Waals surface area contributed by atoms with Gasteiger partial charge in [-0.3, -0.25) is 0 Å². The Morgan fingerprint density at radius 1 is 0.432 bits per heavy atom. The van der Waals surface area contributed by atoms with E-state index in [0.717, 1.165) is 44.2 Å². The van der Waals surface area contributed by atoms with E-state index in [9.17, 15) is 0 Å². The van der Waals surface area contributed by atoms with Crippen LogP contribution in [0.3, 0.4) is 0 Å². The first kappa shape index (κ1) is 24.9. The van der Waals surface area contributed by atoms with E-state index in [1.807, 2.05) is 18.2 Å². The van der Waals surface area contributed by atoms with Gasteiger partial charge < -0.3 is 4.57 Å². The number of thiophene rings is 1. The fourth-order valence-electron chi connectivity index (χ4n) is 6.32. The maximum absolute atomic E-state index is 5.23. The average Bonchev–Trinajstić information content (AvgIpc) is 3.65. The Hall–Kier alpha value is -5.65. The Morgan fingerprint density at radius 2 is 1.02 bits per heavy atom. The molecular formula is C39H24N4S. The van der Waals surface area contributed by atoms with Crippen molar-refractivity contribution in [1.82, 2.24) is 19.5 Å². The highest BCUT2D eigenvalue weighted by Gasteiger charge is 2.20. The molecule has 0 fully saturated rings. The lowest BCUT2D eigenvalue weighted by atomic mass is 10.0. The Bertz CT molecular complexity index is 2490. The number of rotatable bonds is 4. The summed E-state index contributed by atoms with van der Waals surface area (Å²) in [4.78, 5) is 15.5. The van der Waals surface area contributed by atoms with E-state index >= 15 is 0 Å². The van der Waals surface area contributed by atoms with Crippen molar-refractivity contribution >= 4 is 53.3 Å². The lowest BCUT2D eigenvalue weighted by Gasteiger charge is -2.11. The highest BCUT2D eigenvalue weighted by Crippen LogP contribution is 2.41. The normalized spacial score (nSPS) is 11.6. The van der Waals surface area contributed by atoms with Gasteiger partial charge in [-0.2, -0.15) is 0 Å². The van der Waals surface area contributed by atoms with Gasteiger partial charge in [0.2, 0.25) is 0 Å². The van der Waals surface area contributed by atoms with Crippen LogP contribution in [0.4, 0.5) is 0 Å². The van der Waals surface area contributed by atoms with Gasteiger partial charge in [0.15, 0.2) is 17.5 Å². The van der Waals surface area contributed by atoms with Crippen LogP contribution in [0.2, 0.25) is 0 Å². The predicted molar refractivity (Wildman–Crippen MR) is 183 cm³/mol. The van der Waals surface area contributed by atoms with Crippen molar-refractivity contribution in [2.45, 2.75) is 0 Å². The largest absolute Gasteiger partial charge is 0.309 e. The van der Waals surface area contributed by atoms with Gasteiger partial charge in [-0.15, -0.1) is 11.3 Å². The number of hydrogen-bond acceptors (Lipinski definition) is 4. The van der Waals surface area contributed by atoms with Crippen LogP contribution < -0.4 is 0 Å². The Morgan fingerprint density at radius 3 is 1.86 bits per heavy atom. The van der Waals surface area contributed by atoms with Gasteiger partial charge in [0.1, 0.15) is 0 Å². The number of fused-ring (bicyclic) bond motifs is 6. The van der Waals surface area contributed by atoms with Crippen molar-refractivity contribution in [2.75, 3.05) is 0 Å². The maximum Gasteiger partial charge on any atom is 0.165 e. The highest BCUT2D eigenvalue weighted by atomic mass is 32.1. The minimum absolute atomic E-state index is 0.660. The molecule has 0 saturated carbocycles. The maximum atomic E-state index is 5.23. The molecule has 3 aromatic heterocycles. The van der Waals surface area contributed by atoms with Crippen molar-refractivity contribution in [2.24, 2.45) is 0 Å². The van der Waals surface area contributed by atoms with E-state index < -0.39 is 0 Å². The molecule has 0 aliphatic rings. The molecule has 0 aliphatic heterocycles. The summed E-state index contributed by atoms with van der Waals surface area (Å²) < 4.78 is 4.77. The van der Waals surface area contributed by atoms with Crippen LogP contribution in [0.1, 0.15) is 0 Å². The molecule has 0 aliphatic carbocycles. The lowest BCUT2D eigenvalue weighted by Crippen LogP contribution is -2.00. The van der Waals surface area contributed by atoms with E-state index in [4.69, 9.17) is 15.0 Å². The molecule has 0 bridgehead atoms. The van der Waals surface area contributed by atoms with Gasteiger partial charge in [-0.05, 0) is 36.4 Å². The molecule has 0 unspecified atom stereocenters. The van der Waals surface area contributed by atoms with Gasteiger partial charge >= 0.3 is 0 Å². The summed E-state index contributed by atoms with van der Waals surface area (Å²) in [5.41, 5.74) is 6.34. The van der Waals surface area contributed by atoms with Gasteiger partial charge in [0, 0.05) is 53.3 Å². The number of aromatic nitrogens is 4. The average molecular weight is 581 g/mol. The van der Waals surface area contributed by atoms with E-state index in [1.54, 1.807) is 11.3 Å².